The van der Waals surface area contributed by atoms with Gasteiger partial charge in [0.1, 0.15) is 0 Å². The van der Waals surface area contributed by atoms with Crippen LogP contribution in [-0.4, -0.2) is 50.6 Å². The average Bonchev–Trinajstić information content (AvgIpc) is 3.00. The van der Waals surface area contributed by atoms with Gasteiger partial charge in [-0.2, -0.15) is 0 Å². The normalized spacial score (nSPS) is 13.6. The predicted octanol–water partition coefficient (Wildman–Crippen LogP) is 2.36. The minimum atomic E-state index is 0.510. The molecule has 0 saturated heterocycles. The van der Waals surface area contributed by atoms with E-state index in [0.717, 1.165) is 38.7 Å². The Morgan fingerprint density at radius 3 is 2.65 bits per heavy atom. The number of nitrogens with zero attached hydrogens (tertiary/aromatic N) is 2. The fourth-order valence-electron chi connectivity index (χ4n) is 2.01. The van der Waals surface area contributed by atoms with Crippen LogP contribution in [0.15, 0.2) is 22.5 Å². The Bertz CT molecular complexity index is 371. The molecule has 1 aromatic rings. The topological polar surface area (TPSA) is 39.7 Å². The summed E-state index contributed by atoms with van der Waals surface area (Å²) in [5.41, 5.74) is 0. The van der Waals surface area contributed by atoms with E-state index in [9.17, 15) is 0 Å². The summed E-state index contributed by atoms with van der Waals surface area (Å²) in [5, 5.41) is 8.89. The molecule has 1 atom stereocenters. The van der Waals surface area contributed by atoms with Crippen molar-refractivity contribution in [2.75, 3.05) is 39.8 Å². The minimum Gasteiger partial charge on any atom is -0.356 e. The second-order valence-corrected chi connectivity index (χ2v) is 5.80. The van der Waals surface area contributed by atoms with Gasteiger partial charge >= 0.3 is 0 Å². The van der Waals surface area contributed by atoms with Gasteiger partial charge < -0.3 is 15.5 Å². The lowest BCUT2D eigenvalue weighted by atomic mass is 10.1. The van der Waals surface area contributed by atoms with Crippen LogP contribution in [0.25, 0.3) is 0 Å². The SMILES string of the molecule is CCN(CC)CCNC(=NC)NCC(C)c1cccs1. The molecule has 0 aliphatic carbocycles. The smallest absolute Gasteiger partial charge is 0.191 e. The van der Waals surface area contributed by atoms with E-state index in [0.29, 0.717) is 5.92 Å². The largest absolute Gasteiger partial charge is 0.356 e. The Morgan fingerprint density at radius 1 is 1.35 bits per heavy atom. The fourth-order valence-corrected chi connectivity index (χ4v) is 2.80. The Morgan fingerprint density at radius 2 is 2.10 bits per heavy atom. The molecule has 0 aliphatic rings. The number of thiophene rings is 1. The molecule has 0 aromatic carbocycles. The molecule has 1 rings (SSSR count). The van der Waals surface area contributed by atoms with E-state index in [-0.39, 0.29) is 0 Å². The van der Waals surface area contributed by atoms with Crippen LogP contribution in [0.1, 0.15) is 31.6 Å². The van der Waals surface area contributed by atoms with Gasteiger partial charge in [-0.05, 0) is 24.5 Å². The molecule has 20 heavy (non-hydrogen) atoms. The van der Waals surface area contributed by atoms with E-state index in [1.165, 1.54) is 4.88 Å². The number of rotatable bonds is 8. The quantitative estimate of drug-likeness (QED) is 0.571. The number of likely N-dealkylation sites (N-methyl/N-ethyl adjacent to an activating group) is 1. The first-order valence-electron chi connectivity index (χ1n) is 7.41. The van der Waals surface area contributed by atoms with Crippen LogP contribution >= 0.6 is 11.3 Å². The van der Waals surface area contributed by atoms with Crippen LogP contribution in [0.2, 0.25) is 0 Å². The molecule has 4 nitrogen and oxygen atoms in total. The van der Waals surface area contributed by atoms with E-state index in [1.807, 2.05) is 18.4 Å². The van der Waals surface area contributed by atoms with Crippen LogP contribution in [-0.2, 0) is 0 Å². The highest BCUT2D eigenvalue weighted by Crippen LogP contribution is 2.19. The summed E-state index contributed by atoms with van der Waals surface area (Å²) in [6, 6.07) is 4.29. The van der Waals surface area contributed by atoms with Gasteiger partial charge in [-0.1, -0.05) is 26.8 Å². The summed E-state index contributed by atoms with van der Waals surface area (Å²) < 4.78 is 0. The van der Waals surface area contributed by atoms with Gasteiger partial charge in [0.2, 0.25) is 0 Å². The lowest BCUT2D eigenvalue weighted by Gasteiger charge is -2.20. The molecule has 1 aromatic heterocycles. The molecule has 0 fully saturated rings. The van der Waals surface area contributed by atoms with Gasteiger partial charge in [-0.15, -0.1) is 11.3 Å². The maximum Gasteiger partial charge on any atom is 0.191 e. The zero-order valence-corrected chi connectivity index (χ0v) is 14.0. The molecule has 0 radical (unpaired) electrons. The van der Waals surface area contributed by atoms with Gasteiger partial charge in [0, 0.05) is 37.5 Å². The van der Waals surface area contributed by atoms with Crippen molar-refractivity contribution >= 4 is 17.3 Å². The highest BCUT2D eigenvalue weighted by atomic mass is 32.1. The number of aliphatic imine (C=N–C) groups is 1. The lowest BCUT2D eigenvalue weighted by Crippen LogP contribution is -2.42. The molecule has 114 valence electrons. The molecule has 0 amide bonds. The van der Waals surface area contributed by atoms with Crippen molar-refractivity contribution in [3.63, 3.8) is 0 Å². The zero-order valence-electron chi connectivity index (χ0n) is 13.1. The zero-order chi connectivity index (χ0) is 14.8. The molecule has 0 aliphatic heterocycles. The van der Waals surface area contributed by atoms with Crippen molar-refractivity contribution in [1.29, 1.82) is 0 Å². The fraction of sp³-hybridized carbons (Fsp3) is 0.667. The van der Waals surface area contributed by atoms with Gasteiger partial charge in [-0.25, -0.2) is 0 Å². The van der Waals surface area contributed by atoms with E-state index in [4.69, 9.17) is 0 Å². The summed E-state index contributed by atoms with van der Waals surface area (Å²) in [6.07, 6.45) is 0. The Balaban J connectivity index is 2.26. The highest BCUT2D eigenvalue weighted by molar-refractivity contribution is 7.10. The third-order valence-electron chi connectivity index (χ3n) is 3.44. The molecule has 0 spiro atoms. The van der Waals surface area contributed by atoms with Crippen molar-refractivity contribution < 1.29 is 0 Å². The summed E-state index contributed by atoms with van der Waals surface area (Å²) in [5.74, 6) is 1.40. The Hall–Kier alpha value is -1.07. The van der Waals surface area contributed by atoms with Crippen LogP contribution in [0, 0.1) is 0 Å². The van der Waals surface area contributed by atoms with Crippen molar-refractivity contribution in [3.05, 3.63) is 22.4 Å². The van der Waals surface area contributed by atoms with Crippen LogP contribution < -0.4 is 10.6 Å². The molecular formula is C15H28N4S. The minimum absolute atomic E-state index is 0.510. The van der Waals surface area contributed by atoms with E-state index in [2.05, 4.69) is 58.8 Å². The number of hydrogen-bond acceptors (Lipinski definition) is 3. The number of nitrogens with one attached hydrogen (secondary N) is 2. The van der Waals surface area contributed by atoms with Gasteiger partial charge in [0.05, 0.1) is 0 Å². The molecular weight excluding hydrogens is 268 g/mol. The monoisotopic (exact) mass is 296 g/mol. The van der Waals surface area contributed by atoms with Crippen molar-refractivity contribution in [2.24, 2.45) is 4.99 Å². The molecule has 0 saturated carbocycles. The van der Waals surface area contributed by atoms with E-state index in [1.54, 1.807) is 0 Å². The van der Waals surface area contributed by atoms with Crippen LogP contribution in [0.3, 0.4) is 0 Å². The second kappa shape index (κ2) is 9.77. The van der Waals surface area contributed by atoms with Crippen molar-refractivity contribution in [3.8, 4) is 0 Å². The Kier molecular flexibility index (Phi) is 8.30. The van der Waals surface area contributed by atoms with E-state index < -0.39 is 0 Å². The molecule has 1 unspecified atom stereocenters. The highest BCUT2D eigenvalue weighted by Gasteiger charge is 2.07. The van der Waals surface area contributed by atoms with Crippen molar-refractivity contribution in [1.82, 2.24) is 15.5 Å². The Labute approximate surface area is 127 Å². The molecule has 1 heterocycles. The third-order valence-corrected chi connectivity index (χ3v) is 4.55. The summed E-state index contributed by atoms with van der Waals surface area (Å²) in [4.78, 5) is 8.08. The molecule has 5 heteroatoms. The standard InChI is InChI=1S/C15H28N4S/c1-5-19(6-2)10-9-17-15(16-4)18-12-13(3)14-8-7-11-20-14/h7-8,11,13H,5-6,9-10,12H2,1-4H3,(H2,16,17,18). The first kappa shape index (κ1) is 17.0. The van der Waals surface area contributed by atoms with Gasteiger partial charge in [0.25, 0.3) is 0 Å². The van der Waals surface area contributed by atoms with Crippen LogP contribution in [0.4, 0.5) is 0 Å². The summed E-state index contributed by atoms with van der Waals surface area (Å²) >= 11 is 1.81. The molecule has 2 N–H and O–H groups in total. The summed E-state index contributed by atoms with van der Waals surface area (Å²) in [6.45, 7) is 11.7. The van der Waals surface area contributed by atoms with Gasteiger partial charge in [-0.3, -0.25) is 4.99 Å². The maximum atomic E-state index is 4.27. The van der Waals surface area contributed by atoms with Gasteiger partial charge in [0.15, 0.2) is 5.96 Å². The third kappa shape index (κ3) is 5.92. The predicted molar refractivity (Wildman–Crippen MR) is 89.9 cm³/mol. The second-order valence-electron chi connectivity index (χ2n) is 4.82. The average molecular weight is 296 g/mol. The number of guanidine groups is 1. The van der Waals surface area contributed by atoms with Crippen LogP contribution in [0.5, 0.6) is 0 Å². The van der Waals surface area contributed by atoms with E-state index >= 15 is 0 Å². The number of hydrogen-bond donors (Lipinski definition) is 2. The molecule has 0 bridgehead atoms. The van der Waals surface area contributed by atoms with Crippen molar-refractivity contribution in [2.45, 2.75) is 26.7 Å². The maximum absolute atomic E-state index is 4.27. The first-order valence-corrected chi connectivity index (χ1v) is 8.29. The lowest BCUT2D eigenvalue weighted by molar-refractivity contribution is 0.308. The first-order chi connectivity index (χ1) is 9.71. The summed E-state index contributed by atoms with van der Waals surface area (Å²) in [7, 11) is 1.82.